The molecule has 0 aliphatic carbocycles. The number of methoxy groups -OCH3 is 1. The largest absolute Gasteiger partial charge is 0.465 e. The molecule has 0 saturated carbocycles. The number of rotatable bonds is 3. The van der Waals surface area contributed by atoms with E-state index < -0.39 is 5.97 Å². The zero-order valence-electron chi connectivity index (χ0n) is 11.5. The number of esters is 1. The van der Waals surface area contributed by atoms with Crippen LogP contribution in [0.2, 0.25) is 0 Å². The number of nitrogens with one attached hydrogen (secondary N) is 1. The van der Waals surface area contributed by atoms with Crippen molar-refractivity contribution in [1.82, 2.24) is 14.8 Å². The number of para-hydroxylation sites is 1. The SMILES string of the molecule is CNc1nn(-c2nc3ccccc3s2)c(N)c1C(=O)OC. The summed E-state index contributed by atoms with van der Waals surface area (Å²) in [6.45, 7) is 0. The maximum atomic E-state index is 11.8. The Labute approximate surface area is 124 Å². The van der Waals surface area contributed by atoms with Crippen molar-refractivity contribution in [3.05, 3.63) is 29.8 Å². The number of benzene rings is 1. The maximum Gasteiger partial charge on any atom is 0.345 e. The fourth-order valence-corrected chi connectivity index (χ4v) is 2.94. The Morgan fingerprint density at radius 2 is 2.19 bits per heavy atom. The van der Waals surface area contributed by atoms with E-state index in [1.807, 2.05) is 24.3 Å². The molecule has 0 saturated heterocycles. The minimum Gasteiger partial charge on any atom is -0.465 e. The van der Waals surface area contributed by atoms with Gasteiger partial charge in [-0.2, -0.15) is 4.68 Å². The van der Waals surface area contributed by atoms with Crippen molar-refractivity contribution in [3.63, 3.8) is 0 Å². The quantitative estimate of drug-likeness (QED) is 0.717. The fourth-order valence-electron chi connectivity index (χ4n) is 2.01. The molecule has 3 N–H and O–H groups in total. The zero-order valence-corrected chi connectivity index (χ0v) is 12.3. The standard InChI is InChI=1S/C13H13N5O2S/c1-15-11-9(12(19)20-2)10(14)18(17-11)13-16-7-5-3-4-6-8(7)21-13/h3-6H,14H2,1-2H3,(H,15,17). The molecule has 0 atom stereocenters. The van der Waals surface area contributed by atoms with E-state index in [-0.39, 0.29) is 11.4 Å². The predicted molar refractivity (Wildman–Crippen MR) is 82.0 cm³/mol. The molecule has 3 rings (SSSR count). The van der Waals surface area contributed by atoms with Gasteiger partial charge in [0.1, 0.15) is 11.4 Å². The molecule has 2 aromatic heterocycles. The minimum atomic E-state index is -0.538. The maximum absolute atomic E-state index is 11.8. The van der Waals surface area contributed by atoms with E-state index in [1.54, 1.807) is 7.05 Å². The van der Waals surface area contributed by atoms with Gasteiger partial charge in [-0.3, -0.25) is 0 Å². The first-order valence-electron chi connectivity index (χ1n) is 6.16. The summed E-state index contributed by atoms with van der Waals surface area (Å²) in [6, 6.07) is 7.73. The van der Waals surface area contributed by atoms with Crippen molar-refractivity contribution in [1.29, 1.82) is 0 Å². The number of fused-ring (bicyclic) bond motifs is 1. The predicted octanol–water partition coefficient (Wildman–Crippen LogP) is 1.89. The van der Waals surface area contributed by atoms with Crippen LogP contribution in [0.25, 0.3) is 15.3 Å². The fraction of sp³-hybridized carbons (Fsp3) is 0.154. The van der Waals surface area contributed by atoms with Gasteiger partial charge < -0.3 is 15.8 Å². The highest BCUT2D eigenvalue weighted by atomic mass is 32.1. The number of ether oxygens (including phenoxy) is 1. The van der Waals surface area contributed by atoms with Crippen molar-refractivity contribution in [2.75, 3.05) is 25.2 Å². The van der Waals surface area contributed by atoms with Crippen LogP contribution in [0.5, 0.6) is 0 Å². The van der Waals surface area contributed by atoms with E-state index in [9.17, 15) is 4.79 Å². The Morgan fingerprint density at radius 3 is 2.86 bits per heavy atom. The molecule has 3 aromatic rings. The second-order valence-electron chi connectivity index (χ2n) is 4.23. The summed E-state index contributed by atoms with van der Waals surface area (Å²) < 4.78 is 7.21. The van der Waals surface area contributed by atoms with Crippen molar-refractivity contribution >= 4 is 39.2 Å². The van der Waals surface area contributed by atoms with Crippen molar-refractivity contribution in [2.45, 2.75) is 0 Å². The third kappa shape index (κ3) is 2.09. The van der Waals surface area contributed by atoms with Gasteiger partial charge >= 0.3 is 5.97 Å². The monoisotopic (exact) mass is 303 g/mol. The van der Waals surface area contributed by atoms with Crippen LogP contribution in [0, 0.1) is 0 Å². The molecule has 0 aliphatic rings. The van der Waals surface area contributed by atoms with Gasteiger partial charge in [0.2, 0.25) is 5.13 Å². The molecule has 2 heterocycles. The molecule has 0 aliphatic heterocycles. The number of anilines is 2. The Bertz CT molecular complexity index is 790. The van der Waals surface area contributed by atoms with E-state index >= 15 is 0 Å². The van der Waals surface area contributed by atoms with Gasteiger partial charge in [-0.25, -0.2) is 9.78 Å². The minimum absolute atomic E-state index is 0.199. The first kappa shape index (κ1) is 13.4. The average Bonchev–Trinajstić information content (AvgIpc) is 3.06. The molecular formula is C13H13N5O2S. The number of thiazole rings is 1. The van der Waals surface area contributed by atoms with Gasteiger partial charge in [0.25, 0.3) is 0 Å². The van der Waals surface area contributed by atoms with Gasteiger partial charge in [0, 0.05) is 7.05 Å². The number of nitrogens with two attached hydrogens (primary N) is 1. The molecule has 0 spiro atoms. The van der Waals surface area contributed by atoms with E-state index in [4.69, 9.17) is 10.5 Å². The summed E-state index contributed by atoms with van der Waals surface area (Å²) in [5.41, 5.74) is 7.10. The van der Waals surface area contributed by atoms with E-state index in [0.717, 1.165) is 10.2 Å². The van der Waals surface area contributed by atoms with Gasteiger partial charge in [-0.15, -0.1) is 5.10 Å². The van der Waals surface area contributed by atoms with Crippen LogP contribution in [0.4, 0.5) is 11.6 Å². The lowest BCUT2D eigenvalue weighted by Crippen LogP contribution is -2.08. The number of carbonyl (C=O) groups excluding carboxylic acids is 1. The van der Waals surface area contributed by atoms with E-state index in [1.165, 1.54) is 23.1 Å². The lowest BCUT2D eigenvalue weighted by atomic mass is 10.3. The average molecular weight is 303 g/mol. The van der Waals surface area contributed by atoms with Crippen LogP contribution in [-0.2, 0) is 4.74 Å². The van der Waals surface area contributed by atoms with Crippen LogP contribution < -0.4 is 11.1 Å². The first-order chi connectivity index (χ1) is 10.2. The number of hydrogen-bond donors (Lipinski definition) is 2. The number of hydrogen-bond acceptors (Lipinski definition) is 7. The van der Waals surface area contributed by atoms with Gasteiger partial charge in [-0.05, 0) is 12.1 Å². The molecule has 0 radical (unpaired) electrons. The molecular weight excluding hydrogens is 290 g/mol. The molecule has 0 fully saturated rings. The molecule has 108 valence electrons. The number of carbonyl (C=O) groups is 1. The highest BCUT2D eigenvalue weighted by molar-refractivity contribution is 7.20. The highest BCUT2D eigenvalue weighted by Gasteiger charge is 2.24. The Hall–Kier alpha value is -2.61. The summed E-state index contributed by atoms with van der Waals surface area (Å²) in [4.78, 5) is 16.3. The molecule has 0 amide bonds. The molecule has 1 aromatic carbocycles. The third-order valence-corrected chi connectivity index (χ3v) is 4.02. The zero-order chi connectivity index (χ0) is 15.0. The van der Waals surface area contributed by atoms with E-state index in [0.29, 0.717) is 10.9 Å². The molecule has 0 bridgehead atoms. The summed E-state index contributed by atoms with van der Waals surface area (Å²) in [6.07, 6.45) is 0. The second-order valence-corrected chi connectivity index (χ2v) is 5.24. The Kier molecular flexibility index (Phi) is 3.22. The van der Waals surface area contributed by atoms with Crippen LogP contribution in [0.3, 0.4) is 0 Å². The van der Waals surface area contributed by atoms with Crippen LogP contribution in [-0.4, -0.2) is 34.9 Å². The van der Waals surface area contributed by atoms with Gasteiger partial charge in [-0.1, -0.05) is 23.5 Å². The first-order valence-corrected chi connectivity index (χ1v) is 6.98. The second kappa shape index (κ2) is 5.06. The summed E-state index contributed by atoms with van der Waals surface area (Å²) in [7, 11) is 2.97. The smallest absolute Gasteiger partial charge is 0.345 e. The van der Waals surface area contributed by atoms with Gasteiger partial charge in [0.15, 0.2) is 5.82 Å². The number of nitrogens with zero attached hydrogens (tertiary/aromatic N) is 3. The summed E-state index contributed by atoms with van der Waals surface area (Å²) >= 11 is 1.45. The molecule has 8 heteroatoms. The summed E-state index contributed by atoms with van der Waals surface area (Å²) in [5.74, 6) is 0.0214. The van der Waals surface area contributed by atoms with Crippen LogP contribution in [0.1, 0.15) is 10.4 Å². The lowest BCUT2D eigenvalue weighted by molar-refractivity contribution is 0.0603. The Morgan fingerprint density at radius 1 is 1.43 bits per heavy atom. The molecule has 21 heavy (non-hydrogen) atoms. The Balaban J connectivity index is 2.18. The highest BCUT2D eigenvalue weighted by Crippen LogP contribution is 2.30. The molecule has 0 unspecified atom stereocenters. The lowest BCUT2D eigenvalue weighted by Gasteiger charge is -2.00. The summed E-state index contributed by atoms with van der Waals surface area (Å²) in [5, 5.41) is 7.73. The normalized spacial score (nSPS) is 10.8. The van der Waals surface area contributed by atoms with Crippen molar-refractivity contribution in [2.24, 2.45) is 0 Å². The van der Waals surface area contributed by atoms with E-state index in [2.05, 4.69) is 15.4 Å². The van der Waals surface area contributed by atoms with Crippen LogP contribution in [0.15, 0.2) is 24.3 Å². The number of aromatic nitrogens is 3. The van der Waals surface area contributed by atoms with Crippen molar-refractivity contribution < 1.29 is 9.53 Å². The number of nitrogen functional groups attached to an aromatic ring is 1. The third-order valence-electron chi connectivity index (χ3n) is 3.01. The topological polar surface area (TPSA) is 95.1 Å². The van der Waals surface area contributed by atoms with Crippen LogP contribution >= 0.6 is 11.3 Å². The van der Waals surface area contributed by atoms with Gasteiger partial charge in [0.05, 0.1) is 17.3 Å². The molecule has 7 nitrogen and oxygen atoms in total. The van der Waals surface area contributed by atoms with Crippen molar-refractivity contribution in [3.8, 4) is 5.13 Å².